The zero-order chi connectivity index (χ0) is 20.4. The van der Waals surface area contributed by atoms with E-state index in [-0.39, 0.29) is 11.5 Å². The van der Waals surface area contributed by atoms with Crippen molar-refractivity contribution >= 4 is 21.5 Å². The number of nitrogen functional groups attached to an aromatic ring is 1. The van der Waals surface area contributed by atoms with Crippen LogP contribution in [0.1, 0.15) is 22.8 Å². The summed E-state index contributed by atoms with van der Waals surface area (Å²) in [6, 6.07) is 7.01. The fraction of sp³-hybridized carbons (Fsp3) is 0.235. The van der Waals surface area contributed by atoms with Gasteiger partial charge in [0.15, 0.2) is 0 Å². The second-order valence-corrected chi connectivity index (χ2v) is 7.36. The molecule has 146 valence electrons. The Morgan fingerprint density at radius 2 is 1.74 bits per heavy atom. The molecule has 10 heteroatoms. The fourth-order valence-electron chi connectivity index (χ4n) is 2.31. The van der Waals surface area contributed by atoms with Gasteiger partial charge in [0.2, 0.25) is 9.84 Å². The fourth-order valence-corrected chi connectivity index (χ4v) is 3.84. The van der Waals surface area contributed by atoms with Crippen LogP contribution in [0.5, 0.6) is 5.75 Å². The number of hydrogen-bond acceptors (Lipinski definition) is 6. The van der Waals surface area contributed by atoms with Crippen LogP contribution in [0.15, 0.2) is 46.2 Å². The Morgan fingerprint density at radius 3 is 2.26 bits per heavy atom. The van der Waals surface area contributed by atoms with Gasteiger partial charge in [-0.2, -0.15) is 0 Å². The van der Waals surface area contributed by atoms with Gasteiger partial charge in [-0.1, -0.05) is 17.7 Å². The van der Waals surface area contributed by atoms with Crippen LogP contribution in [0, 0.1) is 6.92 Å². The topological polar surface area (TPSA) is 95.7 Å². The zero-order valence-corrected chi connectivity index (χ0v) is 15.1. The number of nitrogens with two attached hydrogens (primary N) is 1. The third-order valence-electron chi connectivity index (χ3n) is 3.42. The molecule has 2 N–H and O–H groups in total. The number of hydrogen-bond donors (Lipinski definition) is 1. The Balaban J connectivity index is 2.70. The molecular formula is C17H16F3NO5S. The first-order chi connectivity index (χ1) is 12.5. The van der Waals surface area contributed by atoms with E-state index in [9.17, 15) is 26.4 Å². The van der Waals surface area contributed by atoms with E-state index in [4.69, 9.17) is 10.5 Å². The maximum Gasteiger partial charge on any atom is 0.573 e. The lowest BCUT2D eigenvalue weighted by molar-refractivity contribution is -0.274. The minimum atomic E-state index is -5.05. The van der Waals surface area contributed by atoms with Crippen LogP contribution in [-0.2, 0) is 14.6 Å². The average molecular weight is 403 g/mol. The van der Waals surface area contributed by atoms with Crippen molar-refractivity contribution in [2.45, 2.75) is 30.0 Å². The number of alkyl halides is 3. The van der Waals surface area contributed by atoms with Gasteiger partial charge in [-0.25, -0.2) is 13.2 Å². The van der Waals surface area contributed by atoms with Crippen LogP contribution < -0.4 is 10.5 Å². The van der Waals surface area contributed by atoms with E-state index in [2.05, 4.69) is 4.74 Å². The van der Waals surface area contributed by atoms with Crippen molar-refractivity contribution in [3.63, 3.8) is 0 Å². The molecule has 0 amide bonds. The lowest BCUT2D eigenvalue weighted by atomic mass is 10.2. The molecule has 0 aliphatic carbocycles. The number of benzene rings is 2. The van der Waals surface area contributed by atoms with E-state index in [0.717, 1.165) is 5.56 Å². The highest BCUT2D eigenvalue weighted by Crippen LogP contribution is 2.35. The maximum absolute atomic E-state index is 12.9. The second-order valence-electron chi connectivity index (χ2n) is 5.47. The largest absolute Gasteiger partial charge is 0.573 e. The van der Waals surface area contributed by atoms with Crippen molar-refractivity contribution in [1.29, 1.82) is 0 Å². The van der Waals surface area contributed by atoms with Crippen LogP contribution in [-0.4, -0.2) is 27.4 Å². The van der Waals surface area contributed by atoms with Crippen molar-refractivity contribution in [2.24, 2.45) is 0 Å². The number of esters is 1. The first kappa shape index (κ1) is 20.6. The summed E-state index contributed by atoms with van der Waals surface area (Å²) in [5.41, 5.74) is 5.28. The molecule has 2 aromatic rings. The summed E-state index contributed by atoms with van der Waals surface area (Å²) in [6.07, 6.45) is -5.05. The summed E-state index contributed by atoms with van der Waals surface area (Å²) >= 11 is 0. The molecule has 0 radical (unpaired) electrons. The molecule has 0 fully saturated rings. The summed E-state index contributed by atoms with van der Waals surface area (Å²) < 4.78 is 71.9. The van der Waals surface area contributed by atoms with Gasteiger partial charge in [-0.3, -0.25) is 0 Å². The SMILES string of the molecule is CCOC(=O)c1cc(OC(F)(F)F)cc(N)c1S(=O)(=O)c1ccc(C)cc1. The third-order valence-corrected chi connectivity index (χ3v) is 5.31. The van der Waals surface area contributed by atoms with Gasteiger partial charge < -0.3 is 15.2 Å². The molecule has 0 bridgehead atoms. The van der Waals surface area contributed by atoms with Crippen LogP contribution in [0.2, 0.25) is 0 Å². The van der Waals surface area contributed by atoms with Gasteiger partial charge in [0.25, 0.3) is 0 Å². The first-order valence-corrected chi connectivity index (χ1v) is 9.12. The van der Waals surface area contributed by atoms with Crippen molar-refractivity contribution in [1.82, 2.24) is 0 Å². The van der Waals surface area contributed by atoms with Gasteiger partial charge in [-0.05, 0) is 32.0 Å². The summed E-state index contributed by atoms with van der Waals surface area (Å²) in [5, 5.41) is 0. The number of carbonyl (C=O) groups excluding carboxylic acids is 1. The van der Waals surface area contributed by atoms with E-state index in [1.165, 1.54) is 31.2 Å². The van der Waals surface area contributed by atoms with Gasteiger partial charge in [0.05, 0.1) is 22.8 Å². The molecule has 0 aliphatic heterocycles. The summed E-state index contributed by atoms with van der Waals surface area (Å²) in [6.45, 7) is 3.09. The van der Waals surface area contributed by atoms with Crippen LogP contribution in [0.3, 0.4) is 0 Å². The van der Waals surface area contributed by atoms with E-state index >= 15 is 0 Å². The minimum Gasteiger partial charge on any atom is -0.462 e. The molecule has 0 saturated heterocycles. The van der Waals surface area contributed by atoms with Crippen molar-refractivity contribution in [3.05, 3.63) is 47.5 Å². The third kappa shape index (κ3) is 4.70. The van der Waals surface area contributed by atoms with Gasteiger partial charge in [0.1, 0.15) is 10.6 Å². The molecule has 0 aliphatic rings. The quantitative estimate of drug-likeness (QED) is 0.607. The molecule has 2 rings (SSSR count). The van der Waals surface area contributed by atoms with Crippen LogP contribution >= 0.6 is 0 Å². The number of halogens is 3. The molecule has 0 spiro atoms. The first-order valence-electron chi connectivity index (χ1n) is 7.64. The minimum absolute atomic E-state index is 0.118. The Labute approximate surface area is 153 Å². The summed E-state index contributed by atoms with van der Waals surface area (Å²) in [7, 11) is -4.30. The number of anilines is 1. The maximum atomic E-state index is 12.9. The number of aryl methyl sites for hydroxylation is 1. The monoisotopic (exact) mass is 403 g/mol. The number of sulfone groups is 1. The predicted octanol–water partition coefficient (Wildman–Crippen LogP) is 3.49. The van der Waals surface area contributed by atoms with Gasteiger partial charge >= 0.3 is 12.3 Å². The number of carbonyl (C=O) groups is 1. The highest BCUT2D eigenvalue weighted by molar-refractivity contribution is 7.91. The Hall–Kier alpha value is -2.75. The molecule has 0 saturated carbocycles. The molecular weight excluding hydrogens is 387 g/mol. The molecule has 0 aromatic heterocycles. The Morgan fingerprint density at radius 1 is 1.15 bits per heavy atom. The van der Waals surface area contributed by atoms with Gasteiger partial charge in [-0.15, -0.1) is 13.2 Å². The lowest BCUT2D eigenvalue weighted by Gasteiger charge is -2.16. The number of ether oxygens (including phenoxy) is 2. The molecule has 2 aromatic carbocycles. The molecule has 0 atom stereocenters. The van der Waals surface area contributed by atoms with Crippen molar-refractivity contribution < 1.29 is 35.9 Å². The Bertz CT molecular complexity index is 954. The zero-order valence-electron chi connectivity index (χ0n) is 14.3. The van der Waals surface area contributed by atoms with E-state index in [0.29, 0.717) is 12.1 Å². The molecule has 0 heterocycles. The van der Waals surface area contributed by atoms with E-state index < -0.39 is 44.1 Å². The smallest absolute Gasteiger partial charge is 0.462 e. The van der Waals surface area contributed by atoms with E-state index in [1.807, 2.05) is 0 Å². The van der Waals surface area contributed by atoms with Crippen molar-refractivity contribution in [2.75, 3.05) is 12.3 Å². The standard InChI is InChI=1S/C17H16F3NO5S/c1-3-25-16(22)13-8-11(26-17(18,19)20)9-14(21)15(13)27(23,24)12-6-4-10(2)5-7-12/h4-9H,3,21H2,1-2H3. The van der Waals surface area contributed by atoms with Crippen molar-refractivity contribution in [3.8, 4) is 5.75 Å². The highest BCUT2D eigenvalue weighted by atomic mass is 32.2. The second kappa shape index (κ2) is 7.47. The lowest BCUT2D eigenvalue weighted by Crippen LogP contribution is -2.19. The molecule has 27 heavy (non-hydrogen) atoms. The summed E-state index contributed by atoms with van der Waals surface area (Å²) in [5.74, 6) is -1.96. The number of rotatable bonds is 5. The average Bonchev–Trinajstić information content (AvgIpc) is 2.53. The highest BCUT2D eigenvalue weighted by Gasteiger charge is 2.34. The van der Waals surface area contributed by atoms with Gasteiger partial charge in [0, 0.05) is 6.07 Å². The van der Waals surface area contributed by atoms with E-state index in [1.54, 1.807) is 6.92 Å². The molecule has 6 nitrogen and oxygen atoms in total. The van der Waals surface area contributed by atoms with Crippen LogP contribution in [0.4, 0.5) is 18.9 Å². The Kier molecular flexibility index (Phi) is 5.69. The van der Waals surface area contributed by atoms with Crippen LogP contribution in [0.25, 0.3) is 0 Å². The predicted molar refractivity (Wildman–Crippen MR) is 90.1 cm³/mol. The summed E-state index contributed by atoms with van der Waals surface area (Å²) in [4.78, 5) is 11.4. The molecule has 0 unspecified atom stereocenters. The normalized spacial score (nSPS) is 11.9.